The molecule has 5 nitrogen and oxygen atoms in total. The van der Waals surface area contributed by atoms with Crippen LogP contribution in [0.1, 0.15) is 59.2 Å². The van der Waals surface area contributed by atoms with Crippen molar-refractivity contribution in [2.24, 2.45) is 0 Å². The van der Waals surface area contributed by atoms with Gasteiger partial charge in [-0.1, -0.05) is 29.3 Å². The number of allylic oxidation sites excluding steroid dienone is 1. The molecule has 0 saturated heterocycles. The Bertz CT molecular complexity index is 817. The molecule has 1 aliphatic carbocycles. The predicted molar refractivity (Wildman–Crippen MR) is 110 cm³/mol. The second-order valence-electron chi connectivity index (χ2n) is 7.31. The molecule has 0 bridgehead atoms. The molecule has 2 N–H and O–H groups in total. The number of nitrogens with one attached hydrogen (secondary N) is 2. The highest BCUT2D eigenvalue weighted by Crippen LogP contribution is 2.23. The van der Waals surface area contributed by atoms with Crippen LogP contribution in [0.4, 0.5) is 11.6 Å². The van der Waals surface area contributed by atoms with Crippen LogP contribution in [0.15, 0.2) is 36.2 Å². The van der Waals surface area contributed by atoms with Gasteiger partial charge in [0.15, 0.2) is 0 Å². The Kier molecular flexibility index (Phi) is 6.22. The van der Waals surface area contributed by atoms with E-state index in [1.54, 1.807) is 12.4 Å². The van der Waals surface area contributed by atoms with Crippen molar-refractivity contribution < 1.29 is 4.79 Å². The van der Waals surface area contributed by atoms with E-state index in [1.807, 2.05) is 13.8 Å². The molecule has 1 aromatic heterocycles. The number of nitrogens with zero attached hydrogens (tertiary/aromatic N) is 2. The van der Waals surface area contributed by atoms with Gasteiger partial charge in [0.2, 0.25) is 5.95 Å². The SMILES string of the molecule is Cc1cc(C)c(NC(=O)c2cnc(NCCC3=CCCCC3)nc2)c(C)c1. The van der Waals surface area contributed by atoms with Gasteiger partial charge in [-0.05, 0) is 64.0 Å². The summed E-state index contributed by atoms with van der Waals surface area (Å²) in [5, 5.41) is 6.22. The number of aromatic nitrogens is 2. The van der Waals surface area contributed by atoms with Crippen LogP contribution in [0.5, 0.6) is 0 Å². The van der Waals surface area contributed by atoms with E-state index >= 15 is 0 Å². The van der Waals surface area contributed by atoms with Gasteiger partial charge in [0.05, 0.1) is 5.56 Å². The maximum Gasteiger partial charge on any atom is 0.258 e. The molecule has 1 amide bonds. The summed E-state index contributed by atoms with van der Waals surface area (Å²) in [6.07, 6.45) is 11.5. The van der Waals surface area contributed by atoms with Crippen molar-refractivity contribution >= 4 is 17.5 Å². The Labute approximate surface area is 161 Å². The number of anilines is 2. The lowest BCUT2D eigenvalue weighted by atomic mass is 9.97. The normalized spacial score (nSPS) is 13.8. The largest absolute Gasteiger partial charge is 0.354 e. The third kappa shape index (κ3) is 5.16. The van der Waals surface area contributed by atoms with Gasteiger partial charge >= 0.3 is 0 Å². The van der Waals surface area contributed by atoms with E-state index in [0.29, 0.717) is 11.5 Å². The van der Waals surface area contributed by atoms with E-state index in [4.69, 9.17) is 0 Å². The van der Waals surface area contributed by atoms with E-state index in [-0.39, 0.29) is 5.91 Å². The molecule has 0 atom stereocenters. The summed E-state index contributed by atoms with van der Waals surface area (Å²) in [6, 6.07) is 4.13. The van der Waals surface area contributed by atoms with Crippen LogP contribution in [-0.2, 0) is 0 Å². The molecule has 142 valence electrons. The van der Waals surface area contributed by atoms with Crippen molar-refractivity contribution in [3.05, 3.63) is 58.4 Å². The van der Waals surface area contributed by atoms with Gasteiger partial charge in [-0.15, -0.1) is 0 Å². The van der Waals surface area contributed by atoms with E-state index in [2.05, 4.69) is 45.7 Å². The van der Waals surface area contributed by atoms with Crippen LogP contribution in [0.2, 0.25) is 0 Å². The molecule has 3 rings (SSSR count). The monoisotopic (exact) mass is 364 g/mol. The first-order valence-electron chi connectivity index (χ1n) is 9.66. The zero-order valence-corrected chi connectivity index (χ0v) is 16.4. The quantitative estimate of drug-likeness (QED) is 0.711. The molecule has 1 aliphatic rings. The maximum atomic E-state index is 12.5. The average molecular weight is 364 g/mol. The van der Waals surface area contributed by atoms with Crippen molar-refractivity contribution in [1.82, 2.24) is 9.97 Å². The topological polar surface area (TPSA) is 66.9 Å². The van der Waals surface area contributed by atoms with Crippen LogP contribution in [-0.4, -0.2) is 22.4 Å². The number of amides is 1. The molecule has 1 aromatic carbocycles. The fourth-order valence-corrected chi connectivity index (χ4v) is 3.57. The van der Waals surface area contributed by atoms with Crippen molar-refractivity contribution in [2.45, 2.75) is 52.9 Å². The van der Waals surface area contributed by atoms with Crippen molar-refractivity contribution in [1.29, 1.82) is 0 Å². The summed E-state index contributed by atoms with van der Waals surface area (Å²) in [7, 11) is 0. The van der Waals surface area contributed by atoms with Gasteiger partial charge in [0, 0.05) is 24.6 Å². The molecule has 0 saturated carbocycles. The zero-order chi connectivity index (χ0) is 19.2. The van der Waals surface area contributed by atoms with E-state index in [9.17, 15) is 4.79 Å². The Balaban J connectivity index is 1.56. The summed E-state index contributed by atoms with van der Waals surface area (Å²) < 4.78 is 0. The first kappa shape index (κ1) is 19.1. The third-order valence-corrected chi connectivity index (χ3v) is 4.94. The molecule has 1 heterocycles. The van der Waals surface area contributed by atoms with E-state index in [0.717, 1.165) is 29.8 Å². The van der Waals surface area contributed by atoms with Crippen molar-refractivity contribution in [3.63, 3.8) is 0 Å². The molecule has 0 spiro atoms. The average Bonchev–Trinajstić information content (AvgIpc) is 2.66. The molecule has 2 aromatic rings. The van der Waals surface area contributed by atoms with Crippen LogP contribution >= 0.6 is 0 Å². The van der Waals surface area contributed by atoms with Gasteiger partial charge < -0.3 is 10.6 Å². The first-order chi connectivity index (χ1) is 13.0. The highest BCUT2D eigenvalue weighted by atomic mass is 16.1. The van der Waals surface area contributed by atoms with Gasteiger partial charge in [-0.3, -0.25) is 4.79 Å². The summed E-state index contributed by atoms with van der Waals surface area (Å²) in [4.78, 5) is 21.1. The van der Waals surface area contributed by atoms with Crippen LogP contribution in [0, 0.1) is 20.8 Å². The highest BCUT2D eigenvalue weighted by molar-refractivity contribution is 6.04. The van der Waals surface area contributed by atoms with Gasteiger partial charge in [-0.2, -0.15) is 0 Å². The number of hydrogen-bond acceptors (Lipinski definition) is 4. The Morgan fingerprint density at radius 1 is 1.07 bits per heavy atom. The van der Waals surface area contributed by atoms with E-state index < -0.39 is 0 Å². The highest BCUT2D eigenvalue weighted by Gasteiger charge is 2.11. The Morgan fingerprint density at radius 2 is 1.78 bits per heavy atom. The Hall–Kier alpha value is -2.69. The van der Waals surface area contributed by atoms with E-state index in [1.165, 1.54) is 36.8 Å². The predicted octanol–water partition coefficient (Wildman–Crippen LogP) is 4.96. The number of carbonyl (C=O) groups excluding carboxylic acids is 1. The minimum Gasteiger partial charge on any atom is -0.354 e. The summed E-state index contributed by atoms with van der Waals surface area (Å²) >= 11 is 0. The molecule has 0 radical (unpaired) electrons. The number of benzene rings is 1. The fourth-order valence-electron chi connectivity index (χ4n) is 3.57. The molecular weight excluding hydrogens is 336 g/mol. The molecule has 27 heavy (non-hydrogen) atoms. The molecular formula is C22H28N4O. The van der Waals surface area contributed by atoms with Crippen LogP contribution in [0.25, 0.3) is 0 Å². The second-order valence-corrected chi connectivity index (χ2v) is 7.31. The smallest absolute Gasteiger partial charge is 0.258 e. The Morgan fingerprint density at radius 3 is 2.41 bits per heavy atom. The number of hydrogen-bond donors (Lipinski definition) is 2. The second kappa shape index (κ2) is 8.80. The van der Waals surface area contributed by atoms with Gasteiger partial charge in [0.1, 0.15) is 0 Å². The molecule has 0 aliphatic heterocycles. The number of rotatable bonds is 6. The minimum absolute atomic E-state index is 0.191. The summed E-state index contributed by atoms with van der Waals surface area (Å²) in [6.45, 7) is 6.87. The zero-order valence-electron chi connectivity index (χ0n) is 16.4. The molecule has 0 unspecified atom stereocenters. The summed E-state index contributed by atoms with van der Waals surface area (Å²) in [5.41, 5.74) is 6.12. The minimum atomic E-state index is -0.191. The standard InChI is InChI=1S/C22H28N4O/c1-15-11-16(2)20(17(3)12-15)26-21(27)19-13-24-22(25-14-19)23-10-9-18-7-5-4-6-8-18/h7,11-14H,4-6,8-10H2,1-3H3,(H,26,27)(H,23,24,25). The lowest BCUT2D eigenvalue weighted by molar-refractivity contribution is 0.102. The van der Waals surface area contributed by atoms with Gasteiger partial charge in [0.25, 0.3) is 5.91 Å². The van der Waals surface area contributed by atoms with Crippen LogP contribution in [0.3, 0.4) is 0 Å². The van der Waals surface area contributed by atoms with Crippen molar-refractivity contribution in [3.8, 4) is 0 Å². The lowest BCUT2D eigenvalue weighted by Gasteiger charge is -2.13. The van der Waals surface area contributed by atoms with Crippen LogP contribution < -0.4 is 10.6 Å². The fraction of sp³-hybridized carbons (Fsp3) is 0.409. The number of carbonyl (C=O) groups is 1. The maximum absolute atomic E-state index is 12.5. The molecule has 0 fully saturated rings. The molecule has 5 heteroatoms. The lowest BCUT2D eigenvalue weighted by Crippen LogP contribution is -2.15. The third-order valence-electron chi connectivity index (χ3n) is 4.94. The van der Waals surface area contributed by atoms with Crippen molar-refractivity contribution in [2.75, 3.05) is 17.2 Å². The number of aryl methyl sites for hydroxylation is 3. The summed E-state index contributed by atoms with van der Waals surface area (Å²) in [5.74, 6) is 0.370. The first-order valence-corrected chi connectivity index (χ1v) is 9.66. The van der Waals surface area contributed by atoms with Gasteiger partial charge in [-0.25, -0.2) is 9.97 Å².